The van der Waals surface area contributed by atoms with Crippen LogP contribution in [0.2, 0.25) is 19.1 Å². The molecule has 0 aromatic heterocycles. The third kappa shape index (κ3) is 6.12. The van der Waals surface area contributed by atoms with Crippen LogP contribution in [0.25, 0.3) is 0 Å². The Kier molecular flexibility index (Phi) is 4.00. The van der Waals surface area contributed by atoms with Crippen LogP contribution in [0.5, 0.6) is 0 Å². The molecular weight excluding hydrogens is 162 g/mol. The van der Waals surface area contributed by atoms with Crippen LogP contribution in [0.4, 0.5) is 0 Å². The summed E-state index contributed by atoms with van der Waals surface area (Å²) < 4.78 is 0. The molecule has 0 unspecified atom stereocenters. The van der Waals surface area contributed by atoms with Crippen molar-refractivity contribution in [2.24, 2.45) is 5.92 Å². The summed E-state index contributed by atoms with van der Waals surface area (Å²) in [4.78, 5) is 0. The fraction of sp³-hybridized carbons (Fsp3) is 0.857. The zero-order chi connectivity index (χ0) is 8.20. The Bertz CT molecular complexity index is 134. The summed E-state index contributed by atoms with van der Waals surface area (Å²) in [5.74, 6) is 0.172. The summed E-state index contributed by atoms with van der Waals surface area (Å²) in [7, 11) is -1.42. The minimum atomic E-state index is -1.42. The topological polar surface area (TPSA) is 23.8 Å². The Morgan fingerprint density at radius 2 is 2.10 bits per heavy atom. The van der Waals surface area contributed by atoms with Crippen molar-refractivity contribution in [1.29, 1.82) is 5.26 Å². The molecule has 0 saturated carbocycles. The highest BCUT2D eigenvalue weighted by Gasteiger charge is 2.17. The monoisotopic (exact) mass is 175 g/mol. The van der Waals surface area contributed by atoms with Gasteiger partial charge in [0.05, 0.1) is 6.07 Å². The molecule has 3 heteroatoms. The molecule has 0 rings (SSSR count). The van der Waals surface area contributed by atoms with Gasteiger partial charge in [-0.3, -0.25) is 0 Å². The van der Waals surface area contributed by atoms with E-state index in [4.69, 9.17) is 16.3 Å². The van der Waals surface area contributed by atoms with Crippen molar-refractivity contribution in [2.45, 2.75) is 32.5 Å². The molecule has 0 heterocycles. The SMILES string of the molecule is C[C@H](C#N)CC[Si](C)(C)Cl. The largest absolute Gasteiger partial charge is 0.198 e. The molecule has 0 aliphatic rings. The lowest BCUT2D eigenvalue weighted by molar-refractivity contribution is 0.707. The first kappa shape index (κ1) is 10.00. The molecule has 10 heavy (non-hydrogen) atoms. The van der Waals surface area contributed by atoms with Gasteiger partial charge in [-0.25, -0.2) is 0 Å². The lowest BCUT2D eigenvalue weighted by Gasteiger charge is -2.12. The maximum atomic E-state index is 8.45. The first-order chi connectivity index (χ1) is 4.45. The molecule has 0 N–H and O–H groups in total. The first-order valence-electron chi connectivity index (χ1n) is 3.54. The molecule has 1 atom stereocenters. The molecule has 0 amide bonds. The molecule has 0 spiro atoms. The van der Waals surface area contributed by atoms with E-state index in [1.807, 2.05) is 6.92 Å². The predicted molar refractivity (Wildman–Crippen MR) is 47.5 cm³/mol. The second kappa shape index (κ2) is 4.00. The summed E-state index contributed by atoms with van der Waals surface area (Å²) in [6, 6.07) is 3.25. The zero-order valence-corrected chi connectivity index (χ0v) is 8.57. The van der Waals surface area contributed by atoms with Gasteiger partial charge in [-0.05, 0) is 19.4 Å². The quantitative estimate of drug-likeness (QED) is 0.478. The molecular formula is C7H14ClNSi. The van der Waals surface area contributed by atoms with Gasteiger partial charge in [0.2, 0.25) is 0 Å². The van der Waals surface area contributed by atoms with E-state index in [1.165, 1.54) is 0 Å². The van der Waals surface area contributed by atoms with Gasteiger partial charge >= 0.3 is 0 Å². The van der Waals surface area contributed by atoms with Gasteiger partial charge in [0.1, 0.15) is 0 Å². The third-order valence-corrected chi connectivity index (χ3v) is 3.44. The van der Waals surface area contributed by atoms with E-state index in [0.717, 1.165) is 12.5 Å². The lowest BCUT2D eigenvalue weighted by Crippen LogP contribution is -2.16. The Morgan fingerprint density at radius 1 is 1.60 bits per heavy atom. The Balaban J connectivity index is 3.48. The molecule has 0 aromatic carbocycles. The normalized spacial score (nSPS) is 14.3. The standard InChI is InChI=1S/C7H14ClNSi/c1-7(6-9)4-5-10(2,3)8/h7H,4-5H2,1-3H3/t7-/m0/s1. The van der Waals surface area contributed by atoms with Crippen LogP contribution in [-0.4, -0.2) is 7.38 Å². The fourth-order valence-electron chi connectivity index (χ4n) is 0.624. The van der Waals surface area contributed by atoms with Gasteiger partial charge in [0, 0.05) is 5.92 Å². The van der Waals surface area contributed by atoms with Crippen LogP contribution in [0.1, 0.15) is 13.3 Å². The van der Waals surface area contributed by atoms with Crippen LogP contribution < -0.4 is 0 Å². The van der Waals surface area contributed by atoms with Gasteiger partial charge in [-0.2, -0.15) is 16.3 Å². The number of hydrogen-bond acceptors (Lipinski definition) is 1. The molecule has 0 bridgehead atoms. The second-order valence-corrected chi connectivity index (χ2v) is 10.3. The number of nitriles is 1. The average Bonchev–Trinajstić information content (AvgIpc) is 1.81. The minimum absolute atomic E-state index is 0.172. The van der Waals surface area contributed by atoms with E-state index in [0.29, 0.717) is 0 Å². The van der Waals surface area contributed by atoms with Gasteiger partial charge in [0.15, 0.2) is 7.38 Å². The van der Waals surface area contributed by atoms with Crippen LogP contribution in [0, 0.1) is 17.2 Å². The van der Waals surface area contributed by atoms with Crippen LogP contribution in [0.15, 0.2) is 0 Å². The molecule has 1 nitrogen and oxygen atoms in total. The maximum Gasteiger partial charge on any atom is 0.150 e. The van der Waals surface area contributed by atoms with Crippen molar-refractivity contribution in [1.82, 2.24) is 0 Å². The van der Waals surface area contributed by atoms with Crippen LogP contribution in [-0.2, 0) is 0 Å². The molecule has 0 aliphatic carbocycles. The molecule has 0 radical (unpaired) electrons. The highest BCUT2D eigenvalue weighted by Crippen LogP contribution is 2.19. The fourth-order valence-corrected chi connectivity index (χ4v) is 2.07. The van der Waals surface area contributed by atoms with Crippen molar-refractivity contribution < 1.29 is 0 Å². The Hall–Kier alpha value is -0.00312. The highest BCUT2D eigenvalue weighted by molar-refractivity contribution is 7.19. The Morgan fingerprint density at radius 3 is 2.40 bits per heavy atom. The number of hydrogen-bond donors (Lipinski definition) is 0. The van der Waals surface area contributed by atoms with E-state index in [-0.39, 0.29) is 5.92 Å². The summed E-state index contributed by atoms with van der Waals surface area (Å²) >= 11 is 6.06. The van der Waals surface area contributed by atoms with Crippen LogP contribution in [0.3, 0.4) is 0 Å². The predicted octanol–water partition coefficient (Wildman–Crippen LogP) is 2.98. The van der Waals surface area contributed by atoms with Gasteiger partial charge in [0.25, 0.3) is 0 Å². The van der Waals surface area contributed by atoms with Crippen molar-refractivity contribution in [3.05, 3.63) is 0 Å². The lowest BCUT2D eigenvalue weighted by atomic mass is 10.1. The first-order valence-corrected chi connectivity index (χ1v) is 7.76. The van der Waals surface area contributed by atoms with Crippen molar-refractivity contribution in [3.63, 3.8) is 0 Å². The highest BCUT2D eigenvalue weighted by atomic mass is 35.6. The van der Waals surface area contributed by atoms with E-state index < -0.39 is 7.38 Å². The van der Waals surface area contributed by atoms with E-state index in [1.54, 1.807) is 0 Å². The van der Waals surface area contributed by atoms with E-state index in [2.05, 4.69) is 19.2 Å². The second-order valence-electron chi connectivity index (χ2n) is 3.29. The number of nitrogens with zero attached hydrogens (tertiary/aromatic N) is 1. The Labute approximate surface area is 68.7 Å². The van der Waals surface area contributed by atoms with Crippen molar-refractivity contribution >= 4 is 18.5 Å². The van der Waals surface area contributed by atoms with E-state index in [9.17, 15) is 0 Å². The molecule has 0 fully saturated rings. The summed E-state index contributed by atoms with van der Waals surface area (Å²) in [5.41, 5.74) is 0. The van der Waals surface area contributed by atoms with Crippen molar-refractivity contribution in [3.8, 4) is 6.07 Å². The minimum Gasteiger partial charge on any atom is -0.198 e. The summed E-state index contributed by atoms with van der Waals surface area (Å²) in [5, 5.41) is 8.45. The molecule has 0 saturated heterocycles. The van der Waals surface area contributed by atoms with E-state index >= 15 is 0 Å². The third-order valence-electron chi connectivity index (χ3n) is 1.39. The summed E-state index contributed by atoms with van der Waals surface area (Å²) in [6.07, 6.45) is 0.958. The zero-order valence-electron chi connectivity index (χ0n) is 6.82. The molecule has 0 aliphatic heterocycles. The van der Waals surface area contributed by atoms with Crippen molar-refractivity contribution in [2.75, 3.05) is 0 Å². The number of rotatable bonds is 3. The molecule has 58 valence electrons. The number of halogens is 1. The maximum absolute atomic E-state index is 8.45. The van der Waals surface area contributed by atoms with Gasteiger partial charge in [-0.1, -0.05) is 13.1 Å². The average molecular weight is 176 g/mol. The molecule has 0 aromatic rings. The summed E-state index contributed by atoms with van der Waals surface area (Å²) in [6.45, 7) is 6.16. The van der Waals surface area contributed by atoms with Gasteiger partial charge in [-0.15, -0.1) is 0 Å². The van der Waals surface area contributed by atoms with Gasteiger partial charge < -0.3 is 0 Å². The smallest absolute Gasteiger partial charge is 0.150 e. The van der Waals surface area contributed by atoms with Crippen LogP contribution >= 0.6 is 11.1 Å².